The topological polar surface area (TPSA) is 87.3 Å². The van der Waals surface area contributed by atoms with Crippen LogP contribution < -0.4 is 4.74 Å². The molecule has 0 unspecified atom stereocenters. The van der Waals surface area contributed by atoms with E-state index in [0.717, 1.165) is 5.56 Å². The Hall–Kier alpha value is -3.97. The van der Waals surface area contributed by atoms with Gasteiger partial charge in [0, 0.05) is 9.95 Å². The minimum Gasteiger partial charge on any atom is -0.403 e. The number of aryl methyl sites for hydroxylation is 1. The maximum Gasteiger partial charge on any atom is 0.344 e. The van der Waals surface area contributed by atoms with Crippen molar-refractivity contribution in [3.8, 4) is 11.6 Å². The first-order valence-electron chi connectivity index (χ1n) is 10.2. The molecule has 3 aromatic carbocycles. The van der Waals surface area contributed by atoms with Crippen molar-refractivity contribution >= 4 is 17.6 Å². The van der Waals surface area contributed by atoms with Crippen LogP contribution in [0, 0.1) is 17.0 Å². The lowest BCUT2D eigenvalue weighted by Gasteiger charge is -2.16. The molecule has 1 atom stereocenters. The van der Waals surface area contributed by atoms with Crippen LogP contribution in [0.4, 0.5) is 0 Å². The van der Waals surface area contributed by atoms with E-state index in [-0.39, 0.29) is 17.3 Å². The molecule has 8 heteroatoms. The van der Waals surface area contributed by atoms with Gasteiger partial charge >= 0.3 is 5.97 Å². The molecule has 0 saturated carbocycles. The Bertz CT molecular complexity index is 1270. The van der Waals surface area contributed by atoms with E-state index in [9.17, 15) is 14.9 Å². The zero-order chi connectivity index (χ0) is 23.4. The fraction of sp³-hybridized carbons (Fsp3) is 0.120. The first-order chi connectivity index (χ1) is 15.9. The van der Waals surface area contributed by atoms with Gasteiger partial charge in [-0.1, -0.05) is 60.1 Å². The monoisotopic (exact) mass is 461 g/mol. The van der Waals surface area contributed by atoms with Gasteiger partial charge in [-0.3, -0.25) is 10.1 Å². The first kappa shape index (κ1) is 22.2. The SMILES string of the molecule is Cc1nn(-c2ccccc2)c(OC(=O)c2ccc(Cl)cc2)c1[C@@H](C[N+](=O)[O-])c1ccccc1. The molecule has 0 bridgehead atoms. The molecule has 4 rings (SSSR count). The third-order valence-corrected chi connectivity index (χ3v) is 5.47. The van der Waals surface area contributed by atoms with E-state index in [1.165, 1.54) is 4.68 Å². The summed E-state index contributed by atoms with van der Waals surface area (Å²) in [5.74, 6) is -1.13. The first-order valence-corrected chi connectivity index (χ1v) is 10.6. The highest BCUT2D eigenvalue weighted by Crippen LogP contribution is 2.37. The predicted molar refractivity (Wildman–Crippen MR) is 125 cm³/mol. The lowest BCUT2D eigenvalue weighted by atomic mass is 9.91. The Morgan fingerprint density at radius 2 is 1.64 bits per heavy atom. The van der Waals surface area contributed by atoms with Gasteiger partial charge in [0.1, 0.15) is 0 Å². The summed E-state index contributed by atoms with van der Waals surface area (Å²) in [6.07, 6.45) is 0. The zero-order valence-electron chi connectivity index (χ0n) is 17.7. The molecule has 0 amide bonds. The van der Waals surface area contributed by atoms with E-state index in [0.29, 0.717) is 27.5 Å². The summed E-state index contributed by atoms with van der Waals surface area (Å²) in [4.78, 5) is 24.2. The van der Waals surface area contributed by atoms with Gasteiger partial charge in [-0.05, 0) is 48.9 Å². The summed E-state index contributed by atoms with van der Waals surface area (Å²) in [6, 6.07) is 24.6. The largest absolute Gasteiger partial charge is 0.403 e. The van der Waals surface area contributed by atoms with Crippen molar-refractivity contribution in [3.63, 3.8) is 0 Å². The number of carbonyl (C=O) groups excluding carboxylic acids is 1. The average molecular weight is 462 g/mol. The van der Waals surface area contributed by atoms with E-state index < -0.39 is 11.9 Å². The standard InChI is InChI=1S/C25H20ClN3O4/c1-17-23(22(16-28(31)32)18-8-4-2-5-9-18)24(29(27-17)21-10-6-3-7-11-21)33-25(30)19-12-14-20(26)15-13-19/h2-15,22H,16H2,1H3/t22-/m0/s1. The number of hydrogen-bond acceptors (Lipinski definition) is 5. The third-order valence-electron chi connectivity index (χ3n) is 5.21. The minimum atomic E-state index is -0.660. The second-order valence-corrected chi connectivity index (χ2v) is 7.86. The molecular formula is C25H20ClN3O4. The second-order valence-electron chi connectivity index (χ2n) is 7.43. The number of aromatic nitrogens is 2. The van der Waals surface area contributed by atoms with Gasteiger partial charge in [0.2, 0.25) is 12.4 Å². The van der Waals surface area contributed by atoms with Crippen LogP contribution in [0.5, 0.6) is 5.88 Å². The maximum atomic E-state index is 13.0. The molecule has 1 heterocycles. The highest BCUT2D eigenvalue weighted by atomic mass is 35.5. The Kier molecular flexibility index (Phi) is 6.51. The van der Waals surface area contributed by atoms with Crippen LogP contribution >= 0.6 is 11.6 Å². The molecule has 0 fully saturated rings. The second kappa shape index (κ2) is 9.67. The van der Waals surface area contributed by atoms with Gasteiger partial charge in [0.05, 0.1) is 28.4 Å². The fourth-order valence-electron chi connectivity index (χ4n) is 3.69. The predicted octanol–water partition coefficient (Wildman–Crippen LogP) is 5.46. The van der Waals surface area contributed by atoms with Crippen molar-refractivity contribution in [2.75, 3.05) is 6.54 Å². The molecular weight excluding hydrogens is 442 g/mol. The molecule has 0 radical (unpaired) electrons. The lowest BCUT2D eigenvalue weighted by Crippen LogP contribution is -2.18. The van der Waals surface area contributed by atoms with E-state index in [4.69, 9.17) is 16.3 Å². The molecule has 0 saturated heterocycles. The fourth-order valence-corrected chi connectivity index (χ4v) is 3.82. The number of nitrogens with zero attached hydrogens (tertiary/aromatic N) is 3. The van der Waals surface area contributed by atoms with Crippen LogP contribution in [0.1, 0.15) is 33.1 Å². The highest BCUT2D eigenvalue weighted by molar-refractivity contribution is 6.30. The molecule has 33 heavy (non-hydrogen) atoms. The summed E-state index contributed by atoms with van der Waals surface area (Å²) >= 11 is 5.94. The van der Waals surface area contributed by atoms with Crippen LogP contribution in [0.2, 0.25) is 5.02 Å². The van der Waals surface area contributed by atoms with Gasteiger partial charge < -0.3 is 4.74 Å². The molecule has 0 aliphatic rings. The number of rotatable bonds is 7. The number of benzene rings is 3. The number of esters is 1. The average Bonchev–Trinajstić information content (AvgIpc) is 3.14. The molecule has 0 aliphatic carbocycles. The van der Waals surface area contributed by atoms with Crippen molar-refractivity contribution in [2.45, 2.75) is 12.8 Å². The van der Waals surface area contributed by atoms with E-state index in [1.807, 2.05) is 60.7 Å². The summed E-state index contributed by atoms with van der Waals surface area (Å²) in [5.41, 5.74) is 2.72. The van der Waals surface area contributed by atoms with Gasteiger partial charge in [0.25, 0.3) is 0 Å². The summed E-state index contributed by atoms with van der Waals surface area (Å²) in [6.45, 7) is 1.38. The van der Waals surface area contributed by atoms with Gasteiger partial charge in [-0.2, -0.15) is 5.10 Å². The molecule has 166 valence electrons. The Morgan fingerprint density at radius 3 is 2.24 bits per heavy atom. The number of nitro groups is 1. The van der Waals surface area contributed by atoms with Crippen LogP contribution in [-0.4, -0.2) is 27.2 Å². The normalized spacial score (nSPS) is 11.7. The quantitative estimate of drug-likeness (QED) is 0.207. The van der Waals surface area contributed by atoms with Crippen LogP contribution in [0.3, 0.4) is 0 Å². The number of halogens is 1. The van der Waals surface area contributed by atoms with Crippen molar-refractivity contribution in [3.05, 3.63) is 122 Å². The summed E-state index contributed by atoms with van der Waals surface area (Å²) in [7, 11) is 0. The number of hydrogen-bond donors (Lipinski definition) is 0. The number of para-hydroxylation sites is 1. The maximum absolute atomic E-state index is 13.0. The van der Waals surface area contributed by atoms with Crippen molar-refractivity contribution in [1.29, 1.82) is 0 Å². The molecule has 0 spiro atoms. The van der Waals surface area contributed by atoms with Gasteiger partial charge in [-0.15, -0.1) is 0 Å². The summed E-state index contributed by atoms with van der Waals surface area (Å²) < 4.78 is 7.37. The third kappa shape index (κ3) is 4.94. The molecule has 0 aliphatic heterocycles. The number of ether oxygens (including phenoxy) is 1. The zero-order valence-corrected chi connectivity index (χ0v) is 18.5. The number of carbonyl (C=O) groups is 1. The van der Waals surface area contributed by atoms with Gasteiger partial charge in [0.15, 0.2) is 0 Å². The van der Waals surface area contributed by atoms with Crippen LogP contribution in [0.25, 0.3) is 5.69 Å². The lowest BCUT2D eigenvalue weighted by molar-refractivity contribution is -0.481. The van der Waals surface area contributed by atoms with Gasteiger partial charge in [-0.25, -0.2) is 9.48 Å². The van der Waals surface area contributed by atoms with Crippen molar-refractivity contribution in [1.82, 2.24) is 9.78 Å². The minimum absolute atomic E-state index is 0.148. The van der Waals surface area contributed by atoms with E-state index in [1.54, 1.807) is 31.2 Å². The van der Waals surface area contributed by atoms with Crippen LogP contribution in [0.15, 0.2) is 84.9 Å². The van der Waals surface area contributed by atoms with Crippen molar-refractivity contribution in [2.24, 2.45) is 0 Å². The van der Waals surface area contributed by atoms with E-state index >= 15 is 0 Å². The molecule has 1 aromatic heterocycles. The molecule has 4 aromatic rings. The van der Waals surface area contributed by atoms with Crippen molar-refractivity contribution < 1.29 is 14.5 Å². The Balaban J connectivity index is 1.87. The highest BCUT2D eigenvalue weighted by Gasteiger charge is 2.31. The Labute approximate surface area is 195 Å². The summed E-state index contributed by atoms with van der Waals surface area (Å²) in [5, 5.41) is 16.7. The Morgan fingerprint density at radius 1 is 1.03 bits per heavy atom. The molecule has 7 nitrogen and oxygen atoms in total. The molecule has 0 N–H and O–H groups in total. The smallest absolute Gasteiger partial charge is 0.344 e. The van der Waals surface area contributed by atoms with Crippen LogP contribution in [-0.2, 0) is 0 Å². The van der Waals surface area contributed by atoms with E-state index in [2.05, 4.69) is 5.10 Å².